The van der Waals surface area contributed by atoms with Gasteiger partial charge in [0.05, 0.1) is 6.10 Å². The summed E-state index contributed by atoms with van der Waals surface area (Å²) in [6, 6.07) is 1.46. The maximum absolute atomic E-state index is 9.42. The molecule has 0 aromatic rings. The van der Waals surface area contributed by atoms with Gasteiger partial charge in [-0.3, -0.25) is 0 Å². The summed E-state index contributed by atoms with van der Waals surface area (Å²) in [4.78, 5) is 0. The zero-order valence-corrected chi connectivity index (χ0v) is 10.1. The van der Waals surface area contributed by atoms with Crippen LogP contribution in [0, 0.1) is 11.8 Å². The highest BCUT2D eigenvalue weighted by molar-refractivity contribution is 4.90. The SMILES string of the molecule is CC(C)C1CC(NC2CCC(O)CC2)C1. The molecule has 0 unspecified atom stereocenters. The third kappa shape index (κ3) is 2.94. The topological polar surface area (TPSA) is 32.3 Å². The van der Waals surface area contributed by atoms with E-state index in [4.69, 9.17) is 0 Å². The first-order chi connectivity index (χ1) is 7.15. The largest absolute Gasteiger partial charge is 0.393 e. The summed E-state index contributed by atoms with van der Waals surface area (Å²) in [6.45, 7) is 4.66. The van der Waals surface area contributed by atoms with Crippen molar-refractivity contribution in [3.63, 3.8) is 0 Å². The number of aliphatic hydroxyl groups is 1. The Morgan fingerprint density at radius 3 is 2.13 bits per heavy atom. The van der Waals surface area contributed by atoms with Gasteiger partial charge in [0.1, 0.15) is 0 Å². The van der Waals surface area contributed by atoms with Gasteiger partial charge in [0, 0.05) is 12.1 Å². The van der Waals surface area contributed by atoms with Gasteiger partial charge in [-0.15, -0.1) is 0 Å². The van der Waals surface area contributed by atoms with Crippen molar-refractivity contribution in [3.05, 3.63) is 0 Å². The highest BCUT2D eigenvalue weighted by Crippen LogP contribution is 2.34. The minimum Gasteiger partial charge on any atom is -0.393 e. The second-order valence-electron chi connectivity index (χ2n) is 5.84. The molecule has 15 heavy (non-hydrogen) atoms. The summed E-state index contributed by atoms with van der Waals surface area (Å²) in [5, 5.41) is 13.2. The van der Waals surface area contributed by atoms with Crippen LogP contribution in [0.5, 0.6) is 0 Å². The fourth-order valence-electron chi connectivity index (χ4n) is 2.92. The Labute approximate surface area is 93.5 Å². The van der Waals surface area contributed by atoms with E-state index < -0.39 is 0 Å². The molecule has 88 valence electrons. The van der Waals surface area contributed by atoms with Crippen LogP contribution >= 0.6 is 0 Å². The van der Waals surface area contributed by atoms with Gasteiger partial charge < -0.3 is 10.4 Å². The van der Waals surface area contributed by atoms with E-state index in [9.17, 15) is 5.11 Å². The van der Waals surface area contributed by atoms with Crippen molar-refractivity contribution in [2.24, 2.45) is 11.8 Å². The molecule has 2 fully saturated rings. The first-order valence-electron chi connectivity index (χ1n) is 6.59. The van der Waals surface area contributed by atoms with Crippen molar-refractivity contribution >= 4 is 0 Å². The van der Waals surface area contributed by atoms with Crippen molar-refractivity contribution in [2.75, 3.05) is 0 Å². The Bertz CT molecular complexity index is 191. The van der Waals surface area contributed by atoms with Gasteiger partial charge in [0.25, 0.3) is 0 Å². The highest BCUT2D eigenvalue weighted by atomic mass is 16.3. The lowest BCUT2D eigenvalue weighted by molar-refractivity contribution is 0.0976. The smallest absolute Gasteiger partial charge is 0.0541 e. The average molecular weight is 211 g/mol. The maximum Gasteiger partial charge on any atom is 0.0541 e. The number of hydrogen-bond donors (Lipinski definition) is 2. The Morgan fingerprint density at radius 1 is 1.00 bits per heavy atom. The van der Waals surface area contributed by atoms with E-state index in [1.807, 2.05) is 0 Å². The number of nitrogens with one attached hydrogen (secondary N) is 1. The van der Waals surface area contributed by atoms with Gasteiger partial charge >= 0.3 is 0 Å². The van der Waals surface area contributed by atoms with E-state index in [2.05, 4.69) is 19.2 Å². The molecule has 0 amide bonds. The van der Waals surface area contributed by atoms with Crippen LogP contribution in [-0.2, 0) is 0 Å². The second kappa shape index (κ2) is 4.84. The quantitative estimate of drug-likeness (QED) is 0.751. The number of rotatable bonds is 3. The van der Waals surface area contributed by atoms with Crippen LogP contribution in [0.25, 0.3) is 0 Å². The van der Waals surface area contributed by atoms with Gasteiger partial charge in [-0.1, -0.05) is 13.8 Å². The monoisotopic (exact) mass is 211 g/mol. The lowest BCUT2D eigenvalue weighted by atomic mass is 9.73. The van der Waals surface area contributed by atoms with Crippen LogP contribution in [0.15, 0.2) is 0 Å². The Balaban J connectivity index is 1.63. The van der Waals surface area contributed by atoms with E-state index in [1.54, 1.807) is 0 Å². The van der Waals surface area contributed by atoms with Gasteiger partial charge in [-0.25, -0.2) is 0 Å². The van der Waals surface area contributed by atoms with Crippen molar-refractivity contribution < 1.29 is 5.11 Å². The lowest BCUT2D eigenvalue weighted by Gasteiger charge is -2.41. The van der Waals surface area contributed by atoms with Crippen molar-refractivity contribution in [1.82, 2.24) is 5.32 Å². The Hall–Kier alpha value is -0.0800. The fraction of sp³-hybridized carbons (Fsp3) is 1.00. The molecule has 0 bridgehead atoms. The highest BCUT2D eigenvalue weighted by Gasteiger charge is 2.32. The van der Waals surface area contributed by atoms with Gasteiger partial charge in [-0.05, 0) is 50.4 Å². The molecular formula is C13H25NO. The van der Waals surface area contributed by atoms with E-state index in [1.165, 1.54) is 25.7 Å². The van der Waals surface area contributed by atoms with E-state index in [0.29, 0.717) is 6.04 Å². The van der Waals surface area contributed by atoms with Crippen LogP contribution in [0.1, 0.15) is 52.4 Å². The van der Waals surface area contributed by atoms with Crippen LogP contribution in [-0.4, -0.2) is 23.3 Å². The molecule has 0 saturated heterocycles. The molecule has 2 rings (SSSR count). The summed E-state index contributed by atoms with van der Waals surface area (Å²) in [5.41, 5.74) is 0. The Kier molecular flexibility index (Phi) is 3.68. The summed E-state index contributed by atoms with van der Waals surface area (Å²) in [5.74, 6) is 1.81. The molecule has 2 aliphatic rings. The molecule has 0 atom stereocenters. The summed E-state index contributed by atoms with van der Waals surface area (Å²) < 4.78 is 0. The van der Waals surface area contributed by atoms with Gasteiger partial charge in [0.2, 0.25) is 0 Å². The molecule has 0 aliphatic heterocycles. The van der Waals surface area contributed by atoms with E-state index in [-0.39, 0.29) is 6.10 Å². The fourth-order valence-corrected chi connectivity index (χ4v) is 2.92. The minimum atomic E-state index is -0.0205. The van der Waals surface area contributed by atoms with Crippen LogP contribution in [0.2, 0.25) is 0 Å². The van der Waals surface area contributed by atoms with Gasteiger partial charge in [0.15, 0.2) is 0 Å². The standard InChI is InChI=1S/C13H25NO/c1-9(2)10-7-12(8-10)14-11-3-5-13(15)6-4-11/h9-15H,3-8H2,1-2H3. The Morgan fingerprint density at radius 2 is 1.60 bits per heavy atom. The average Bonchev–Trinajstić information content (AvgIpc) is 2.13. The summed E-state index contributed by atoms with van der Waals surface area (Å²) in [7, 11) is 0. The number of aliphatic hydroxyl groups excluding tert-OH is 1. The molecule has 2 nitrogen and oxygen atoms in total. The normalized spacial score (nSPS) is 41.6. The van der Waals surface area contributed by atoms with Crippen LogP contribution in [0.3, 0.4) is 0 Å². The van der Waals surface area contributed by atoms with Crippen LogP contribution in [0.4, 0.5) is 0 Å². The number of hydrogen-bond acceptors (Lipinski definition) is 2. The lowest BCUT2D eigenvalue weighted by Crippen LogP contribution is -2.48. The van der Waals surface area contributed by atoms with Crippen molar-refractivity contribution in [1.29, 1.82) is 0 Å². The summed E-state index contributed by atoms with van der Waals surface area (Å²) >= 11 is 0. The third-order valence-electron chi connectivity index (χ3n) is 4.29. The zero-order chi connectivity index (χ0) is 10.8. The molecule has 0 aromatic carbocycles. The first kappa shape index (κ1) is 11.4. The molecule has 2 N–H and O–H groups in total. The predicted octanol–water partition coefficient (Wildman–Crippen LogP) is 2.31. The second-order valence-corrected chi connectivity index (χ2v) is 5.84. The molecule has 0 aromatic heterocycles. The molecule has 0 heterocycles. The maximum atomic E-state index is 9.42. The first-order valence-corrected chi connectivity index (χ1v) is 6.59. The summed E-state index contributed by atoms with van der Waals surface area (Å²) in [6.07, 6.45) is 7.06. The minimum absolute atomic E-state index is 0.0205. The van der Waals surface area contributed by atoms with E-state index >= 15 is 0 Å². The zero-order valence-electron chi connectivity index (χ0n) is 10.1. The molecule has 2 heteroatoms. The third-order valence-corrected chi connectivity index (χ3v) is 4.29. The molecule has 2 saturated carbocycles. The van der Waals surface area contributed by atoms with Crippen molar-refractivity contribution in [3.8, 4) is 0 Å². The molecule has 0 spiro atoms. The van der Waals surface area contributed by atoms with E-state index in [0.717, 1.165) is 30.7 Å². The molecular weight excluding hydrogens is 186 g/mol. The van der Waals surface area contributed by atoms with Gasteiger partial charge in [-0.2, -0.15) is 0 Å². The van der Waals surface area contributed by atoms with Crippen molar-refractivity contribution in [2.45, 2.75) is 70.6 Å². The van der Waals surface area contributed by atoms with Crippen LogP contribution < -0.4 is 5.32 Å². The predicted molar refractivity (Wildman–Crippen MR) is 62.7 cm³/mol. The molecule has 0 radical (unpaired) electrons. The molecule has 2 aliphatic carbocycles.